The predicted octanol–water partition coefficient (Wildman–Crippen LogP) is 3.21. The fourth-order valence-corrected chi connectivity index (χ4v) is 3.76. The Hall–Kier alpha value is -2.87. The fraction of sp³-hybridized carbons (Fsp3) is 0.300. The molecule has 0 spiro atoms. The summed E-state index contributed by atoms with van der Waals surface area (Å²) in [4.78, 5) is 24.6. The van der Waals surface area contributed by atoms with E-state index >= 15 is 0 Å². The lowest BCUT2D eigenvalue weighted by Crippen LogP contribution is -2.29. The second-order valence-electron chi connectivity index (χ2n) is 6.13. The molecule has 0 saturated heterocycles. The van der Waals surface area contributed by atoms with Crippen LogP contribution in [0.25, 0.3) is 0 Å². The lowest BCUT2D eigenvalue weighted by atomic mass is 10.1. The van der Waals surface area contributed by atoms with Gasteiger partial charge in [-0.3, -0.25) is 9.10 Å². The molecule has 1 N–H and O–H groups in total. The Bertz CT molecular complexity index is 969. The fourth-order valence-electron chi connectivity index (χ4n) is 2.78. The first-order valence-corrected chi connectivity index (χ1v) is 10.7. The number of carbonyl (C=O) groups is 2. The summed E-state index contributed by atoms with van der Waals surface area (Å²) in [6.45, 7) is 5.76. The molecule has 0 heterocycles. The van der Waals surface area contributed by atoms with Gasteiger partial charge in [-0.05, 0) is 62.7 Å². The molecule has 2 rings (SSSR count). The van der Waals surface area contributed by atoms with Gasteiger partial charge in [0.1, 0.15) is 0 Å². The van der Waals surface area contributed by atoms with E-state index in [1.54, 1.807) is 63.2 Å². The Morgan fingerprint density at radius 1 is 1.07 bits per heavy atom. The van der Waals surface area contributed by atoms with Gasteiger partial charge in [-0.1, -0.05) is 6.07 Å². The second-order valence-corrected chi connectivity index (χ2v) is 8.03. The summed E-state index contributed by atoms with van der Waals surface area (Å²) in [6.07, 6.45) is 1.14. The molecule has 0 bridgehead atoms. The van der Waals surface area contributed by atoms with E-state index in [2.05, 4.69) is 5.32 Å². The van der Waals surface area contributed by atoms with Crippen molar-refractivity contribution in [3.05, 3.63) is 59.2 Å². The van der Waals surface area contributed by atoms with Gasteiger partial charge >= 0.3 is 5.97 Å². The number of anilines is 2. The first-order chi connectivity index (χ1) is 13.2. The first-order valence-electron chi connectivity index (χ1n) is 8.84. The Morgan fingerprint density at radius 3 is 2.25 bits per heavy atom. The summed E-state index contributed by atoms with van der Waals surface area (Å²) in [5.74, 6) is -0.807. The maximum atomic E-state index is 12.6. The van der Waals surface area contributed by atoms with E-state index in [0.717, 1.165) is 6.26 Å². The highest BCUT2D eigenvalue weighted by Gasteiger charge is 2.17. The number of nitrogens with zero attached hydrogens (tertiary/aromatic N) is 1. The van der Waals surface area contributed by atoms with Crippen LogP contribution in [0.2, 0.25) is 0 Å². The summed E-state index contributed by atoms with van der Waals surface area (Å²) in [5.41, 5.74) is 2.36. The third-order valence-corrected chi connectivity index (χ3v) is 5.45. The summed E-state index contributed by atoms with van der Waals surface area (Å²) < 4.78 is 29.9. The zero-order chi connectivity index (χ0) is 20.9. The van der Waals surface area contributed by atoms with E-state index in [0.29, 0.717) is 34.6 Å². The Morgan fingerprint density at radius 2 is 1.71 bits per heavy atom. The molecular weight excluding hydrogens is 380 g/mol. The van der Waals surface area contributed by atoms with Crippen molar-refractivity contribution in [3.63, 3.8) is 0 Å². The summed E-state index contributed by atoms with van der Waals surface area (Å²) in [7, 11) is -3.38. The van der Waals surface area contributed by atoms with Gasteiger partial charge in [0.15, 0.2) is 0 Å². The average Bonchev–Trinajstić information content (AvgIpc) is 2.63. The third-order valence-electron chi connectivity index (χ3n) is 4.18. The molecule has 7 nitrogen and oxygen atoms in total. The highest BCUT2D eigenvalue weighted by molar-refractivity contribution is 7.92. The minimum absolute atomic E-state index is 0.267. The van der Waals surface area contributed by atoms with Gasteiger partial charge in [-0.2, -0.15) is 0 Å². The number of sulfonamides is 1. The van der Waals surface area contributed by atoms with Gasteiger partial charge in [0.2, 0.25) is 10.0 Å². The minimum atomic E-state index is -3.38. The van der Waals surface area contributed by atoms with Crippen LogP contribution < -0.4 is 9.62 Å². The summed E-state index contributed by atoms with van der Waals surface area (Å²) >= 11 is 0. The second kappa shape index (κ2) is 8.88. The van der Waals surface area contributed by atoms with E-state index in [1.807, 2.05) is 0 Å². The zero-order valence-electron chi connectivity index (χ0n) is 16.4. The van der Waals surface area contributed by atoms with Crippen molar-refractivity contribution in [1.29, 1.82) is 0 Å². The number of rotatable bonds is 7. The normalized spacial score (nSPS) is 11.0. The highest BCUT2D eigenvalue weighted by Crippen LogP contribution is 2.22. The van der Waals surface area contributed by atoms with Gasteiger partial charge in [-0.25, -0.2) is 13.2 Å². The largest absolute Gasteiger partial charge is 0.462 e. The highest BCUT2D eigenvalue weighted by atomic mass is 32.2. The van der Waals surface area contributed by atoms with Crippen LogP contribution >= 0.6 is 0 Å². The minimum Gasteiger partial charge on any atom is -0.462 e. The molecule has 2 aromatic carbocycles. The SMILES string of the molecule is CCOC(=O)c1cccc(NC(=O)c2ccc(N(CC)S(C)(=O)=O)cc2)c1C. The monoisotopic (exact) mass is 404 g/mol. The van der Waals surface area contributed by atoms with Crippen molar-refractivity contribution in [3.8, 4) is 0 Å². The van der Waals surface area contributed by atoms with Gasteiger partial charge in [-0.15, -0.1) is 0 Å². The van der Waals surface area contributed by atoms with Gasteiger partial charge < -0.3 is 10.1 Å². The predicted molar refractivity (Wildman–Crippen MR) is 109 cm³/mol. The Kier molecular flexibility index (Phi) is 6.80. The molecule has 2 aromatic rings. The molecule has 8 heteroatoms. The van der Waals surface area contributed by atoms with Gasteiger partial charge in [0, 0.05) is 17.8 Å². The molecule has 0 aliphatic heterocycles. The Balaban J connectivity index is 2.22. The first kappa shape index (κ1) is 21.4. The quantitative estimate of drug-likeness (QED) is 0.716. The lowest BCUT2D eigenvalue weighted by Gasteiger charge is -2.20. The number of nitrogens with one attached hydrogen (secondary N) is 1. The average molecular weight is 404 g/mol. The van der Waals surface area contributed by atoms with Crippen molar-refractivity contribution in [2.45, 2.75) is 20.8 Å². The van der Waals surface area contributed by atoms with Crippen LogP contribution in [0.5, 0.6) is 0 Å². The topological polar surface area (TPSA) is 92.8 Å². The maximum Gasteiger partial charge on any atom is 0.338 e. The molecule has 0 atom stereocenters. The molecule has 0 unspecified atom stereocenters. The third kappa shape index (κ3) is 4.89. The molecule has 28 heavy (non-hydrogen) atoms. The number of carbonyl (C=O) groups excluding carboxylic acids is 2. The van der Waals surface area contributed by atoms with Gasteiger partial charge in [0.25, 0.3) is 5.91 Å². The standard InChI is InChI=1S/C20H24N2O5S/c1-5-22(28(4,25)26)16-12-10-15(11-13-16)19(23)21-18-9-7-8-17(14(18)3)20(24)27-6-2/h7-13H,5-6H2,1-4H3,(H,21,23). The van der Waals surface area contributed by atoms with E-state index in [1.165, 1.54) is 4.31 Å². The number of amides is 1. The molecular formula is C20H24N2O5S. The van der Waals surface area contributed by atoms with E-state index in [-0.39, 0.29) is 12.5 Å². The number of esters is 1. The van der Waals surface area contributed by atoms with Crippen LogP contribution in [-0.2, 0) is 14.8 Å². The summed E-state index contributed by atoms with van der Waals surface area (Å²) in [6, 6.07) is 11.3. The number of hydrogen-bond acceptors (Lipinski definition) is 5. The maximum absolute atomic E-state index is 12.6. The van der Waals surface area contributed by atoms with Crippen LogP contribution in [0.3, 0.4) is 0 Å². The van der Waals surface area contributed by atoms with Crippen molar-refractivity contribution in [1.82, 2.24) is 0 Å². The molecule has 0 radical (unpaired) electrons. The van der Waals surface area contributed by atoms with Crippen LogP contribution in [0.1, 0.15) is 40.1 Å². The van der Waals surface area contributed by atoms with Crippen LogP contribution in [-0.4, -0.2) is 39.7 Å². The van der Waals surface area contributed by atoms with Crippen molar-refractivity contribution < 1.29 is 22.7 Å². The van der Waals surface area contributed by atoms with Crippen molar-refractivity contribution in [2.24, 2.45) is 0 Å². The molecule has 0 saturated carbocycles. The zero-order valence-corrected chi connectivity index (χ0v) is 17.2. The van der Waals surface area contributed by atoms with E-state index in [4.69, 9.17) is 4.74 Å². The van der Waals surface area contributed by atoms with Crippen LogP contribution in [0.4, 0.5) is 11.4 Å². The molecule has 150 valence electrons. The lowest BCUT2D eigenvalue weighted by molar-refractivity contribution is 0.0525. The van der Waals surface area contributed by atoms with E-state index in [9.17, 15) is 18.0 Å². The summed E-state index contributed by atoms with van der Waals surface area (Å²) in [5, 5.41) is 2.78. The van der Waals surface area contributed by atoms with Crippen molar-refractivity contribution in [2.75, 3.05) is 29.0 Å². The van der Waals surface area contributed by atoms with Crippen LogP contribution in [0, 0.1) is 6.92 Å². The van der Waals surface area contributed by atoms with Gasteiger partial charge in [0.05, 0.1) is 24.1 Å². The molecule has 0 aliphatic carbocycles. The van der Waals surface area contributed by atoms with Crippen molar-refractivity contribution >= 4 is 33.3 Å². The molecule has 1 amide bonds. The molecule has 0 aromatic heterocycles. The number of benzene rings is 2. The molecule has 0 aliphatic rings. The van der Waals surface area contributed by atoms with Crippen LogP contribution in [0.15, 0.2) is 42.5 Å². The molecule has 0 fully saturated rings. The number of hydrogen-bond donors (Lipinski definition) is 1. The number of ether oxygens (including phenoxy) is 1. The smallest absolute Gasteiger partial charge is 0.338 e. The van der Waals surface area contributed by atoms with E-state index < -0.39 is 16.0 Å². The Labute approximate surface area is 165 Å².